The lowest BCUT2D eigenvalue weighted by Crippen LogP contribution is -2.30. The Labute approximate surface area is 104 Å². The van der Waals surface area contributed by atoms with E-state index in [0.29, 0.717) is 11.8 Å². The van der Waals surface area contributed by atoms with Gasteiger partial charge in [0.05, 0.1) is 0 Å². The molecule has 2 nitrogen and oxygen atoms in total. The van der Waals surface area contributed by atoms with Gasteiger partial charge in [0.15, 0.2) is 0 Å². The normalized spacial score (nSPS) is 17.3. The molecule has 1 aromatic rings. The van der Waals surface area contributed by atoms with Crippen LogP contribution in [0.15, 0.2) is 12.1 Å². The fraction of sp³-hybridized carbons (Fsp3) is 0.600. The predicted octanol–water partition coefficient (Wildman–Crippen LogP) is 3.43. The van der Waals surface area contributed by atoms with Crippen LogP contribution < -0.4 is 5.32 Å². The number of phenolic OH excluding ortho intramolecular Hbond substituents is 1. The molecule has 17 heavy (non-hydrogen) atoms. The standard InChI is InChI=1S/C15H23NO/c1-11-8-9-13(15(17)12(11)2)10-16-14-6-4-3-5-7-14/h8-9,14,16-17H,3-7,10H2,1-2H3. The zero-order valence-electron chi connectivity index (χ0n) is 10.9. The molecule has 0 aliphatic heterocycles. The zero-order valence-corrected chi connectivity index (χ0v) is 10.9. The summed E-state index contributed by atoms with van der Waals surface area (Å²) in [6.45, 7) is 4.81. The van der Waals surface area contributed by atoms with Gasteiger partial charge in [-0.2, -0.15) is 0 Å². The number of phenols is 1. The highest BCUT2D eigenvalue weighted by Crippen LogP contribution is 2.25. The van der Waals surface area contributed by atoms with Gasteiger partial charge in [0.2, 0.25) is 0 Å². The summed E-state index contributed by atoms with van der Waals surface area (Å²) in [5, 5.41) is 13.6. The molecular weight excluding hydrogens is 210 g/mol. The van der Waals surface area contributed by atoms with Crippen molar-refractivity contribution in [2.24, 2.45) is 0 Å². The molecule has 0 aromatic heterocycles. The van der Waals surface area contributed by atoms with Gasteiger partial charge < -0.3 is 10.4 Å². The van der Waals surface area contributed by atoms with Gasteiger partial charge in [-0.3, -0.25) is 0 Å². The van der Waals surface area contributed by atoms with Gasteiger partial charge in [-0.15, -0.1) is 0 Å². The Morgan fingerprint density at radius 1 is 1.18 bits per heavy atom. The van der Waals surface area contributed by atoms with Crippen molar-refractivity contribution in [3.63, 3.8) is 0 Å². The van der Waals surface area contributed by atoms with E-state index in [9.17, 15) is 5.11 Å². The highest BCUT2D eigenvalue weighted by atomic mass is 16.3. The summed E-state index contributed by atoms with van der Waals surface area (Å²) in [4.78, 5) is 0. The van der Waals surface area contributed by atoms with E-state index in [-0.39, 0.29) is 0 Å². The molecule has 0 heterocycles. The molecular formula is C15H23NO. The van der Waals surface area contributed by atoms with Crippen LogP contribution in [0.5, 0.6) is 5.75 Å². The van der Waals surface area contributed by atoms with Crippen molar-refractivity contribution in [2.45, 2.75) is 58.5 Å². The summed E-state index contributed by atoms with van der Waals surface area (Å²) in [6.07, 6.45) is 6.64. The summed E-state index contributed by atoms with van der Waals surface area (Å²) >= 11 is 0. The third-order valence-corrected chi connectivity index (χ3v) is 3.97. The highest BCUT2D eigenvalue weighted by Gasteiger charge is 2.13. The van der Waals surface area contributed by atoms with Crippen LogP contribution >= 0.6 is 0 Å². The molecule has 0 amide bonds. The smallest absolute Gasteiger partial charge is 0.123 e. The topological polar surface area (TPSA) is 32.3 Å². The first-order valence-corrected chi connectivity index (χ1v) is 6.70. The lowest BCUT2D eigenvalue weighted by molar-refractivity contribution is 0.368. The third kappa shape index (κ3) is 3.01. The highest BCUT2D eigenvalue weighted by molar-refractivity contribution is 5.44. The molecule has 2 N–H and O–H groups in total. The molecule has 1 aromatic carbocycles. The lowest BCUT2D eigenvalue weighted by Gasteiger charge is -2.23. The number of aromatic hydroxyl groups is 1. The second-order valence-electron chi connectivity index (χ2n) is 5.23. The van der Waals surface area contributed by atoms with Crippen LogP contribution in [0, 0.1) is 13.8 Å². The van der Waals surface area contributed by atoms with Gasteiger partial charge in [-0.05, 0) is 37.8 Å². The number of aryl methyl sites for hydroxylation is 1. The van der Waals surface area contributed by atoms with Crippen molar-refractivity contribution in [1.29, 1.82) is 0 Å². The Morgan fingerprint density at radius 2 is 1.88 bits per heavy atom. The van der Waals surface area contributed by atoms with E-state index < -0.39 is 0 Å². The van der Waals surface area contributed by atoms with E-state index in [2.05, 4.69) is 11.4 Å². The Kier molecular flexibility index (Phi) is 4.06. The Hall–Kier alpha value is -1.02. The first kappa shape index (κ1) is 12.4. The number of hydrogen-bond acceptors (Lipinski definition) is 2. The van der Waals surface area contributed by atoms with Crippen molar-refractivity contribution in [3.05, 3.63) is 28.8 Å². The minimum Gasteiger partial charge on any atom is -0.507 e. The van der Waals surface area contributed by atoms with E-state index in [1.165, 1.54) is 32.1 Å². The van der Waals surface area contributed by atoms with Crippen LogP contribution in [-0.2, 0) is 6.54 Å². The molecule has 2 rings (SSSR count). The van der Waals surface area contributed by atoms with Crippen molar-refractivity contribution < 1.29 is 5.11 Å². The fourth-order valence-electron chi connectivity index (χ4n) is 2.56. The molecule has 0 atom stereocenters. The van der Waals surface area contributed by atoms with E-state index in [1.54, 1.807) is 0 Å². The molecule has 0 unspecified atom stereocenters. The monoisotopic (exact) mass is 233 g/mol. The second kappa shape index (κ2) is 5.54. The van der Waals surface area contributed by atoms with Crippen LogP contribution in [0.3, 0.4) is 0 Å². The van der Waals surface area contributed by atoms with Crippen LogP contribution in [-0.4, -0.2) is 11.1 Å². The van der Waals surface area contributed by atoms with E-state index >= 15 is 0 Å². The molecule has 1 fully saturated rings. The van der Waals surface area contributed by atoms with Gasteiger partial charge in [0.1, 0.15) is 5.75 Å². The predicted molar refractivity (Wildman–Crippen MR) is 71.3 cm³/mol. The number of rotatable bonds is 3. The summed E-state index contributed by atoms with van der Waals surface area (Å²) in [6, 6.07) is 4.77. The summed E-state index contributed by atoms with van der Waals surface area (Å²) in [5.41, 5.74) is 3.19. The van der Waals surface area contributed by atoms with E-state index in [0.717, 1.165) is 23.2 Å². The fourth-order valence-corrected chi connectivity index (χ4v) is 2.56. The van der Waals surface area contributed by atoms with Crippen molar-refractivity contribution in [1.82, 2.24) is 5.32 Å². The van der Waals surface area contributed by atoms with Gasteiger partial charge in [0.25, 0.3) is 0 Å². The molecule has 1 aliphatic carbocycles. The second-order valence-corrected chi connectivity index (χ2v) is 5.23. The minimum absolute atomic E-state index is 0.466. The molecule has 2 heteroatoms. The summed E-state index contributed by atoms with van der Waals surface area (Å²) in [5.74, 6) is 0.466. The van der Waals surface area contributed by atoms with Crippen LogP contribution in [0.4, 0.5) is 0 Å². The number of hydrogen-bond donors (Lipinski definition) is 2. The maximum Gasteiger partial charge on any atom is 0.123 e. The minimum atomic E-state index is 0.466. The van der Waals surface area contributed by atoms with E-state index in [1.807, 2.05) is 19.9 Å². The van der Waals surface area contributed by atoms with Gasteiger partial charge in [-0.25, -0.2) is 0 Å². The third-order valence-electron chi connectivity index (χ3n) is 3.97. The lowest BCUT2D eigenvalue weighted by atomic mass is 9.95. The molecule has 0 spiro atoms. The van der Waals surface area contributed by atoms with Crippen molar-refractivity contribution >= 4 is 0 Å². The molecule has 0 bridgehead atoms. The molecule has 94 valence electrons. The Balaban J connectivity index is 1.96. The van der Waals surface area contributed by atoms with Crippen LogP contribution in [0.2, 0.25) is 0 Å². The van der Waals surface area contributed by atoms with Crippen LogP contribution in [0.25, 0.3) is 0 Å². The first-order valence-electron chi connectivity index (χ1n) is 6.70. The van der Waals surface area contributed by atoms with Gasteiger partial charge in [0, 0.05) is 18.2 Å². The average molecular weight is 233 g/mol. The molecule has 0 saturated heterocycles. The maximum absolute atomic E-state index is 10.1. The van der Waals surface area contributed by atoms with Crippen molar-refractivity contribution in [2.75, 3.05) is 0 Å². The van der Waals surface area contributed by atoms with Gasteiger partial charge >= 0.3 is 0 Å². The average Bonchev–Trinajstić information content (AvgIpc) is 2.36. The largest absolute Gasteiger partial charge is 0.507 e. The van der Waals surface area contributed by atoms with Gasteiger partial charge in [-0.1, -0.05) is 31.4 Å². The summed E-state index contributed by atoms with van der Waals surface area (Å²) < 4.78 is 0. The molecule has 1 aliphatic rings. The van der Waals surface area contributed by atoms with E-state index in [4.69, 9.17) is 0 Å². The number of benzene rings is 1. The quantitative estimate of drug-likeness (QED) is 0.838. The number of nitrogens with one attached hydrogen (secondary N) is 1. The maximum atomic E-state index is 10.1. The summed E-state index contributed by atoms with van der Waals surface area (Å²) in [7, 11) is 0. The SMILES string of the molecule is Cc1ccc(CNC2CCCCC2)c(O)c1C. The first-order chi connectivity index (χ1) is 8.18. The van der Waals surface area contributed by atoms with Crippen LogP contribution in [0.1, 0.15) is 48.8 Å². The van der Waals surface area contributed by atoms with Crippen molar-refractivity contribution in [3.8, 4) is 5.75 Å². The Morgan fingerprint density at radius 3 is 2.59 bits per heavy atom. The Bertz CT molecular complexity index is 381. The molecule has 1 saturated carbocycles. The molecule has 0 radical (unpaired) electrons. The zero-order chi connectivity index (χ0) is 12.3.